The number of halogens is 2. The second-order valence-electron chi connectivity index (χ2n) is 3.15. The molecule has 0 radical (unpaired) electrons. The highest BCUT2D eigenvalue weighted by molar-refractivity contribution is 9.10. The van der Waals surface area contributed by atoms with Gasteiger partial charge < -0.3 is 4.74 Å². The molecule has 1 atom stereocenters. The van der Waals surface area contributed by atoms with Crippen molar-refractivity contribution < 1.29 is 17.5 Å². The zero-order valence-electron chi connectivity index (χ0n) is 8.65. The number of sulfonamides is 1. The number of nitrogens with two attached hydrogens (primary N) is 1. The van der Waals surface area contributed by atoms with Gasteiger partial charge in [0.15, 0.2) is 6.10 Å². The minimum Gasteiger partial charge on any atom is -0.475 e. The molecular weight excluding hydrogens is 315 g/mol. The predicted molar refractivity (Wildman–Crippen MR) is 61.2 cm³/mol. The number of primary sulfonamides is 1. The largest absolute Gasteiger partial charge is 0.475 e. The second kappa shape index (κ2) is 5.00. The minimum absolute atomic E-state index is 0.0314. The summed E-state index contributed by atoms with van der Waals surface area (Å²) in [4.78, 5) is -0.638. The summed E-state index contributed by atoms with van der Waals surface area (Å²) in [6.07, 6.45) is -0.786. The SMILES string of the molecule is CC(C#N)Oc1cc(F)c(S(N)(=O)=O)cc1Br. The summed E-state index contributed by atoms with van der Waals surface area (Å²) in [5.41, 5.74) is 0. The lowest BCUT2D eigenvalue weighted by Crippen LogP contribution is -2.15. The summed E-state index contributed by atoms with van der Waals surface area (Å²) in [7, 11) is -4.13. The van der Waals surface area contributed by atoms with Crippen LogP contribution < -0.4 is 9.88 Å². The van der Waals surface area contributed by atoms with Gasteiger partial charge in [-0.1, -0.05) is 0 Å². The van der Waals surface area contributed by atoms with E-state index in [0.29, 0.717) is 0 Å². The lowest BCUT2D eigenvalue weighted by Gasteiger charge is -2.11. The number of hydrogen-bond donors (Lipinski definition) is 1. The fourth-order valence-corrected chi connectivity index (χ4v) is 2.24. The van der Waals surface area contributed by atoms with E-state index in [2.05, 4.69) is 15.9 Å². The summed E-state index contributed by atoms with van der Waals surface area (Å²) >= 11 is 3.01. The third kappa shape index (κ3) is 3.39. The standard InChI is InChI=1S/C9H8BrFN2O3S/c1-5(4-12)16-8-3-7(11)9(2-6(8)10)17(13,14)15/h2-3,5H,1H3,(H2,13,14,15). The Morgan fingerprint density at radius 1 is 1.59 bits per heavy atom. The molecule has 0 fully saturated rings. The van der Waals surface area contributed by atoms with Crippen LogP contribution in [-0.4, -0.2) is 14.5 Å². The fraction of sp³-hybridized carbons (Fsp3) is 0.222. The van der Waals surface area contributed by atoms with Gasteiger partial charge in [-0.15, -0.1) is 0 Å². The Morgan fingerprint density at radius 2 is 2.18 bits per heavy atom. The Kier molecular flexibility index (Phi) is 4.08. The van der Waals surface area contributed by atoms with Crippen molar-refractivity contribution in [3.05, 3.63) is 22.4 Å². The average molecular weight is 323 g/mol. The Labute approximate surface area is 106 Å². The van der Waals surface area contributed by atoms with E-state index in [9.17, 15) is 12.8 Å². The first kappa shape index (κ1) is 13.9. The van der Waals surface area contributed by atoms with Gasteiger partial charge in [-0.25, -0.2) is 17.9 Å². The van der Waals surface area contributed by atoms with E-state index in [1.165, 1.54) is 6.92 Å². The van der Waals surface area contributed by atoms with Crippen molar-refractivity contribution in [1.82, 2.24) is 0 Å². The molecule has 17 heavy (non-hydrogen) atoms. The summed E-state index contributed by atoms with van der Waals surface area (Å²) in [6, 6.07) is 3.65. The molecule has 0 amide bonds. The van der Waals surface area contributed by atoms with Gasteiger partial charge in [-0.2, -0.15) is 5.26 Å². The van der Waals surface area contributed by atoms with Crippen LogP contribution in [0.5, 0.6) is 5.75 Å². The molecule has 1 rings (SSSR count). The zero-order valence-corrected chi connectivity index (χ0v) is 11.0. The van der Waals surface area contributed by atoms with E-state index in [1.807, 2.05) is 0 Å². The summed E-state index contributed by atoms with van der Waals surface area (Å²) in [6.45, 7) is 1.47. The van der Waals surface area contributed by atoms with E-state index < -0.39 is 26.8 Å². The molecule has 0 heterocycles. The Morgan fingerprint density at radius 3 is 2.65 bits per heavy atom. The first-order valence-electron chi connectivity index (χ1n) is 4.34. The normalized spacial score (nSPS) is 12.9. The highest BCUT2D eigenvalue weighted by atomic mass is 79.9. The third-order valence-corrected chi connectivity index (χ3v) is 3.32. The van der Waals surface area contributed by atoms with Crippen molar-refractivity contribution in [2.75, 3.05) is 0 Å². The molecule has 2 N–H and O–H groups in total. The third-order valence-electron chi connectivity index (χ3n) is 1.78. The van der Waals surface area contributed by atoms with Gasteiger partial charge in [0.2, 0.25) is 10.0 Å². The maximum absolute atomic E-state index is 13.4. The van der Waals surface area contributed by atoms with Gasteiger partial charge in [-0.05, 0) is 28.9 Å². The summed E-state index contributed by atoms with van der Waals surface area (Å²) in [5, 5.41) is 13.4. The van der Waals surface area contributed by atoms with Crippen LogP contribution in [0.2, 0.25) is 0 Å². The van der Waals surface area contributed by atoms with E-state index >= 15 is 0 Å². The van der Waals surface area contributed by atoms with E-state index in [4.69, 9.17) is 15.1 Å². The van der Waals surface area contributed by atoms with Gasteiger partial charge in [-0.3, -0.25) is 0 Å². The predicted octanol–water partition coefficient (Wildman–Crippen LogP) is 1.53. The zero-order chi connectivity index (χ0) is 13.2. The molecular formula is C9H8BrFN2O3S. The lowest BCUT2D eigenvalue weighted by molar-refractivity contribution is 0.273. The Hall–Kier alpha value is -1.17. The van der Waals surface area contributed by atoms with Crippen molar-refractivity contribution in [3.63, 3.8) is 0 Å². The molecule has 1 aromatic carbocycles. The topological polar surface area (TPSA) is 93.2 Å². The van der Waals surface area contributed by atoms with E-state index in [-0.39, 0.29) is 10.2 Å². The van der Waals surface area contributed by atoms with Gasteiger partial charge in [0, 0.05) is 6.07 Å². The van der Waals surface area contributed by atoms with Crippen LogP contribution in [-0.2, 0) is 10.0 Å². The van der Waals surface area contributed by atoms with Crippen LogP contribution in [0.25, 0.3) is 0 Å². The molecule has 0 aliphatic rings. The maximum atomic E-state index is 13.4. The van der Waals surface area contributed by atoms with Crippen LogP contribution in [0.3, 0.4) is 0 Å². The van der Waals surface area contributed by atoms with Crippen molar-refractivity contribution in [3.8, 4) is 11.8 Å². The molecule has 5 nitrogen and oxygen atoms in total. The number of nitriles is 1. The summed E-state index contributed by atoms with van der Waals surface area (Å²) in [5.74, 6) is -1.00. The van der Waals surface area contributed by atoms with Gasteiger partial charge in [0.25, 0.3) is 0 Å². The second-order valence-corrected chi connectivity index (χ2v) is 5.53. The smallest absolute Gasteiger partial charge is 0.241 e. The highest BCUT2D eigenvalue weighted by Crippen LogP contribution is 2.30. The molecule has 0 bridgehead atoms. The molecule has 0 aromatic heterocycles. The lowest BCUT2D eigenvalue weighted by atomic mass is 10.3. The van der Waals surface area contributed by atoms with Crippen molar-refractivity contribution >= 4 is 26.0 Å². The number of ether oxygens (including phenoxy) is 1. The monoisotopic (exact) mass is 322 g/mol. The molecule has 0 spiro atoms. The van der Waals surface area contributed by atoms with Crippen molar-refractivity contribution in [1.29, 1.82) is 5.26 Å². The van der Waals surface area contributed by atoms with Crippen molar-refractivity contribution in [2.45, 2.75) is 17.9 Å². The van der Waals surface area contributed by atoms with Crippen LogP contribution in [0.15, 0.2) is 21.5 Å². The molecule has 1 unspecified atom stereocenters. The molecule has 0 aliphatic carbocycles. The maximum Gasteiger partial charge on any atom is 0.241 e. The first-order valence-corrected chi connectivity index (χ1v) is 6.67. The minimum atomic E-state index is -4.13. The Bertz CT molecular complexity index is 583. The van der Waals surface area contributed by atoms with Crippen LogP contribution in [0.1, 0.15) is 6.92 Å². The number of hydrogen-bond acceptors (Lipinski definition) is 4. The highest BCUT2D eigenvalue weighted by Gasteiger charge is 2.18. The van der Waals surface area contributed by atoms with Crippen LogP contribution in [0.4, 0.5) is 4.39 Å². The first-order chi connectivity index (χ1) is 7.75. The van der Waals surface area contributed by atoms with Crippen LogP contribution in [0, 0.1) is 17.1 Å². The summed E-state index contributed by atoms with van der Waals surface area (Å²) < 4.78 is 40.7. The molecule has 92 valence electrons. The van der Waals surface area contributed by atoms with Crippen molar-refractivity contribution in [2.24, 2.45) is 5.14 Å². The van der Waals surface area contributed by atoms with Gasteiger partial charge in [0.1, 0.15) is 22.5 Å². The molecule has 8 heteroatoms. The molecule has 0 aliphatic heterocycles. The van der Waals surface area contributed by atoms with Gasteiger partial charge >= 0.3 is 0 Å². The van der Waals surface area contributed by atoms with Gasteiger partial charge in [0.05, 0.1) is 4.47 Å². The molecule has 1 aromatic rings. The number of rotatable bonds is 3. The molecule has 0 saturated carbocycles. The Balaban J connectivity index is 3.25. The average Bonchev–Trinajstić information content (AvgIpc) is 2.21. The number of nitrogens with zero attached hydrogens (tertiary/aromatic N) is 1. The van der Waals surface area contributed by atoms with E-state index in [0.717, 1.165) is 12.1 Å². The quantitative estimate of drug-likeness (QED) is 0.913. The number of benzene rings is 1. The fourth-order valence-electron chi connectivity index (χ4n) is 1.04. The van der Waals surface area contributed by atoms with E-state index in [1.54, 1.807) is 6.07 Å². The van der Waals surface area contributed by atoms with Crippen LogP contribution >= 0.6 is 15.9 Å². The molecule has 0 saturated heterocycles.